The van der Waals surface area contributed by atoms with Gasteiger partial charge in [0.1, 0.15) is 7.05 Å². The number of hydrogen-bond donors (Lipinski definition) is 2. The summed E-state index contributed by atoms with van der Waals surface area (Å²) in [5.41, 5.74) is 11.5. The fourth-order valence-corrected chi connectivity index (χ4v) is 3.51. The van der Waals surface area contributed by atoms with Crippen molar-refractivity contribution >= 4 is 11.4 Å². The van der Waals surface area contributed by atoms with Crippen molar-refractivity contribution < 1.29 is 4.80 Å². The van der Waals surface area contributed by atoms with Crippen molar-refractivity contribution in [3.05, 3.63) is 42.5 Å². The first-order chi connectivity index (χ1) is 13.3. The summed E-state index contributed by atoms with van der Waals surface area (Å²) in [6, 6.07) is 14.5. The lowest BCUT2D eigenvalue weighted by Crippen LogP contribution is -2.33. The summed E-state index contributed by atoms with van der Waals surface area (Å²) in [5, 5.41) is 11.5. The zero-order valence-electron chi connectivity index (χ0n) is 17.5. The number of tetrazole rings is 1. The van der Waals surface area contributed by atoms with Crippen LogP contribution in [0.4, 0.5) is 11.4 Å². The van der Waals surface area contributed by atoms with Gasteiger partial charge in [-0.15, -0.1) is 0 Å². The average Bonchev–Trinajstić information content (AvgIpc) is 3.06. The molecule has 0 spiro atoms. The third kappa shape index (κ3) is 4.50. The number of aromatic amines is 1. The van der Waals surface area contributed by atoms with Crippen LogP contribution in [0, 0.1) is 11.8 Å². The minimum absolute atomic E-state index is 0.574. The normalized spacial score (nSPS) is 11.4. The first kappa shape index (κ1) is 19.9. The number of nitrogens with one attached hydrogen (secondary N) is 1. The number of rotatable bonds is 7. The second-order valence-corrected chi connectivity index (χ2v) is 8.17. The van der Waals surface area contributed by atoms with Gasteiger partial charge >= 0.3 is 5.82 Å². The molecule has 0 aliphatic carbocycles. The van der Waals surface area contributed by atoms with E-state index in [1.165, 1.54) is 0 Å². The topological polar surface area (TPSA) is 74.7 Å². The minimum atomic E-state index is 0.574. The van der Waals surface area contributed by atoms with Crippen LogP contribution in [-0.4, -0.2) is 28.5 Å². The number of anilines is 2. The van der Waals surface area contributed by atoms with Gasteiger partial charge in [0.05, 0.1) is 22.0 Å². The Hall–Kier alpha value is -2.89. The SMILES string of the molecule is CC(C)CN(CC(C)C)c1ccc(-c2ccccc2-c2n[nH][n+](C)n2)cc1N. The van der Waals surface area contributed by atoms with Crippen LogP contribution in [0.15, 0.2) is 42.5 Å². The zero-order chi connectivity index (χ0) is 20.3. The first-order valence-electron chi connectivity index (χ1n) is 9.88. The summed E-state index contributed by atoms with van der Waals surface area (Å²) < 4.78 is 0. The van der Waals surface area contributed by atoms with E-state index in [1.807, 2.05) is 25.2 Å². The fraction of sp³-hybridized carbons (Fsp3) is 0.409. The molecule has 2 aromatic carbocycles. The van der Waals surface area contributed by atoms with E-state index in [4.69, 9.17) is 5.73 Å². The highest BCUT2D eigenvalue weighted by molar-refractivity contribution is 5.84. The Labute approximate surface area is 167 Å². The molecule has 3 aromatic rings. The second kappa shape index (κ2) is 8.42. The number of hydrogen-bond acceptors (Lipinski definition) is 4. The molecule has 1 aromatic heterocycles. The molecule has 6 heteroatoms. The van der Waals surface area contributed by atoms with Gasteiger partial charge in [-0.2, -0.15) is 0 Å². The van der Waals surface area contributed by atoms with Crippen LogP contribution in [0.25, 0.3) is 22.5 Å². The van der Waals surface area contributed by atoms with Crippen molar-refractivity contribution in [2.75, 3.05) is 23.7 Å². The maximum atomic E-state index is 6.52. The molecule has 0 unspecified atom stereocenters. The molecule has 0 aliphatic rings. The molecular weight excluding hydrogens is 348 g/mol. The van der Waals surface area contributed by atoms with Crippen LogP contribution >= 0.6 is 0 Å². The van der Waals surface area contributed by atoms with Gasteiger partial charge in [-0.25, -0.2) is 0 Å². The van der Waals surface area contributed by atoms with Crippen molar-refractivity contribution in [1.29, 1.82) is 0 Å². The average molecular weight is 380 g/mol. The lowest BCUT2D eigenvalue weighted by molar-refractivity contribution is -0.783. The number of nitrogen functional groups attached to an aromatic ring is 1. The first-order valence-corrected chi connectivity index (χ1v) is 9.88. The monoisotopic (exact) mass is 379 g/mol. The van der Waals surface area contributed by atoms with Crippen molar-refractivity contribution in [2.24, 2.45) is 18.9 Å². The Morgan fingerprint density at radius 2 is 1.64 bits per heavy atom. The van der Waals surface area contributed by atoms with Crippen molar-refractivity contribution in [2.45, 2.75) is 27.7 Å². The Morgan fingerprint density at radius 1 is 1.00 bits per heavy atom. The maximum Gasteiger partial charge on any atom is 0.339 e. The number of benzene rings is 2. The van der Waals surface area contributed by atoms with E-state index < -0.39 is 0 Å². The predicted octanol–water partition coefficient (Wildman–Crippen LogP) is 3.66. The maximum absolute atomic E-state index is 6.52. The molecular formula is C22H31N6+. The molecule has 0 atom stereocenters. The summed E-state index contributed by atoms with van der Waals surface area (Å²) in [6.07, 6.45) is 0. The third-order valence-electron chi connectivity index (χ3n) is 4.56. The lowest BCUT2D eigenvalue weighted by atomic mass is 9.98. The fourth-order valence-electron chi connectivity index (χ4n) is 3.51. The van der Waals surface area contributed by atoms with Gasteiger partial charge in [0.2, 0.25) is 0 Å². The lowest BCUT2D eigenvalue weighted by Gasteiger charge is -2.30. The number of aromatic nitrogens is 4. The summed E-state index contributed by atoms with van der Waals surface area (Å²) in [4.78, 5) is 3.99. The Kier molecular flexibility index (Phi) is 5.97. The van der Waals surface area contributed by atoms with Crippen LogP contribution in [0.3, 0.4) is 0 Å². The van der Waals surface area contributed by atoms with Crippen LogP contribution in [0.2, 0.25) is 0 Å². The highest BCUT2D eigenvalue weighted by Gasteiger charge is 2.19. The molecule has 0 saturated heterocycles. The molecule has 148 valence electrons. The molecule has 6 nitrogen and oxygen atoms in total. The molecule has 3 rings (SSSR count). The standard InChI is InChI=1S/C22H30N6/c1-15(2)13-28(14-16(3)4)21-11-10-17(12-20(21)23)18-8-6-7-9-19(18)22-24-26-27(5)25-22/h6-12,15-16H,13-14,23H2,1-5H3/p+1. The van der Waals surface area contributed by atoms with Crippen LogP contribution in [0.5, 0.6) is 0 Å². The number of nitrogens with two attached hydrogens (primary N) is 1. The molecule has 0 saturated carbocycles. The molecule has 0 radical (unpaired) electrons. The Balaban J connectivity index is 1.99. The van der Waals surface area contributed by atoms with E-state index in [2.05, 4.69) is 72.3 Å². The summed E-state index contributed by atoms with van der Waals surface area (Å²) in [5.74, 6) is 1.82. The van der Waals surface area contributed by atoms with Crippen molar-refractivity contribution in [3.63, 3.8) is 0 Å². The molecule has 0 amide bonds. The summed E-state index contributed by atoms with van der Waals surface area (Å²) in [6.45, 7) is 10.9. The van der Waals surface area contributed by atoms with Gasteiger partial charge in [-0.3, -0.25) is 0 Å². The molecule has 0 fully saturated rings. The van der Waals surface area contributed by atoms with E-state index in [1.54, 1.807) is 4.80 Å². The highest BCUT2D eigenvalue weighted by Crippen LogP contribution is 2.34. The molecule has 28 heavy (non-hydrogen) atoms. The van der Waals surface area contributed by atoms with Crippen LogP contribution in [0.1, 0.15) is 27.7 Å². The van der Waals surface area contributed by atoms with Gasteiger partial charge < -0.3 is 10.6 Å². The van der Waals surface area contributed by atoms with E-state index >= 15 is 0 Å². The second-order valence-electron chi connectivity index (χ2n) is 8.17. The quantitative estimate of drug-likeness (QED) is 0.485. The zero-order valence-corrected chi connectivity index (χ0v) is 17.5. The minimum Gasteiger partial charge on any atom is -0.397 e. The summed E-state index contributed by atoms with van der Waals surface area (Å²) >= 11 is 0. The van der Waals surface area contributed by atoms with Gasteiger partial charge in [0.15, 0.2) is 0 Å². The van der Waals surface area contributed by atoms with Gasteiger partial charge in [0.25, 0.3) is 0 Å². The largest absolute Gasteiger partial charge is 0.397 e. The molecule has 3 N–H and O–H groups in total. The Bertz CT molecular complexity index is 918. The third-order valence-corrected chi connectivity index (χ3v) is 4.56. The van der Waals surface area contributed by atoms with Crippen molar-refractivity contribution in [1.82, 2.24) is 15.4 Å². The van der Waals surface area contributed by atoms with Crippen LogP contribution in [-0.2, 0) is 7.05 Å². The van der Waals surface area contributed by atoms with Gasteiger partial charge in [-0.05, 0) is 51.5 Å². The van der Waals surface area contributed by atoms with E-state index in [0.29, 0.717) is 17.7 Å². The van der Waals surface area contributed by atoms with Gasteiger partial charge in [0, 0.05) is 13.1 Å². The smallest absolute Gasteiger partial charge is 0.339 e. The molecule has 0 bridgehead atoms. The number of aryl methyl sites for hydroxylation is 1. The van der Waals surface area contributed by atoms with E-state index in [-0.39, 0.29) is 0 Å². The van der Waals surface area contributed by atoms with Crippen LogP contribution < -0.4 is 15.4 Å². The van der Waals surface area contributed by atoms with E-state index in [9.17, 15) is 0 Å². The molecule has 1 heterocycles. The van der Waals surface area contributed by atoms with Crippen molar-refractivity contribution in [3.8, 4) is 22.5 Å². The number of H-pyrrole nitrogens is 1. The molecule has 0 aliphatic heterocycles. The summed E-state index contributed by atoms with van der Waals surface area (Å²) in [7, 11) is 1.82. The predicted molar refractivity (Wildman–Crippen MR) is 115 cm³/mol. The van der Waals surface area contributed by atoms with Gasteiger partial charge in [-0.1, -0.05) is 56.8 Å². The highest BCUT2D eigenvalue weighted by atomic mass is 15.6. The Morgan fingerprint density at radius 3 is 2.18 bits per heavy atom. The number of nitrogens with zero attached hydrogens (tertiary/aromatic N) is 4. The van der Waals surface area contributed by atoms with E-state index in [0.717, 1.165) is 41.2 Å².